The van der Waals surface area contributed by atoms with Crippen molar-refractivity contribution < 1.29 is 14.3 Å². The molecule has 0 fully saturated rings. The Bertz CT molecular complexity index is 324. The Morgan fingerprint density at radius 2 is 2.40 bits per heavy atom. The SMILES string of the molecule is CSCC(C)NCc1ccc(C(=O)O)o1. The molecule has 0 amide bonds. The lowest BCUT2D eigenvalue weighted by molar-refractivity contribution is 0.0660. The lowest BCUT2D eigenvalue weighted by atomic mass is 10.3. The molecule has 0 aliphatic rings. The molecule has 0 saturated carbocycles. The predicted molar refractivity (Wildman–Crippen MR) is 60.4 cm³/mol. The highest BCUT2D eigenvalue weighted by Gasteiger charge is 2.09. The van der Waals surface area contributed by atoms with E-state index in [-0.39, 0.29) is 5.76 Å². The van der Waals surface area contributed by atoms with E-state index in [1.807, 2.05) is 6.26 Å². The number of carbonyl (C=O) groups is 1. The standard InChI is InChI=1S/C10H15NO3S/c1-7(6-15-2)11-5-8-3-4-9(14-8)10(12)13/h3-4,7,11H,5-6H2,1-2H3,(H,12,13). The van der Waals surface area contributed by atoms with E-state index in [1.165, 1.54) is 6.07 Å². The molecule has 84 valence electrons. The smallest absolute Gasteiger partial charge is 0.371 e. The topological polar surface area (TPSA) is 62.5 Å². The van der Waals surface area contributed by atoms with Crippen molar-refractivity contribution in [1.82, 2.24) is 5.32 Å². The Balaban J connectivity index is 2.40. The molecule has 1 aromatic heterocycles. The number of carboxylic acids is 1. The second-order valence-corrected chi connectivity index (χ2v) is 4.22. The van der Waals surface area contributed by atoms with Crippen LogP contribution < -0.4 is 5.32 Å². The fourth-order valence-corrected chi connectivity index (χ4v) is 1.79. The molecule has 1 unspecified atom stereocenters. The van der Waals surface area contributed by atoms with Crippen LogP contribution in [0.5, 0.6) is 0 Å². The van der Waals surface area contributed by atoms with Gasteiger partial charge in [-0.05, 0) is 25.3 Å². The number of aromatic carboxylic acids is 1. The lowest BCUT2D eigenvalue weighted by Gasteiger charge is -2.10. The predicted octanol–water partition coefficient (Wildman–Crippen LogP) is 1.82. The molecule has 0 bridgehead atoms. The molecule has 0 spiro atoms. The van der Waals surface area contributed by atoms with E-state index in [0.717, 1.165) is 5.75 Å². The summed E-state index contributed by atoms with van der Waals surface area (Å²) in [7, 11) is 0. The summed E-state index contributed by atoms with van der Waals surface area (Å²) in [6, 6.07) is 3.54. The van der Waals surface area contributed by atoms with Gasteiger partial charge >= 0.3 is 5.97 Å². The van der Waals surface area contributed by atoms with Gasteiger partial charge in [0.25, 0.3) is 0 Å². The second kappa shape index (κ2) is 5.82. The zero-order chi connectivity index (χ0) is 11.3. The monoisotopic (exact) mass is 229 g/mol. The molecule has 15 heavy (non-hydrogen) atoms. The molecule has 0 radical (unpaired) electrons. The van der Waals surface area contributed by atoms with Crippen molar-refractivity contribution in [3.8, 4) is 0 Å². The van der Waals surface area contributed by atoms with Gasteiger partial charge < -0.3 is 14.8 Å². The van der Waals surface area contributed by atoms with Gasteiger partial charge in [0.1, 0.15) is 5.76 Å². The van der Waals surface area contributed by atoms with Crippen LogP contribution >= 0.6 is 11.8 Å². The maximum absolute atomic E-state index is 10.5. The summed E-state index contributed by atoms with van der Waals surface area (Å²) in [5, 5.41) is 11.9. The first kappa shape index (κ1) is 12.1. The summed E-state index contributed by atoms with van der Waals surface area (Å²) in [5.74, 6) is 0.634. The number of rotatable bonds is 6. The molecule has 1 aromatic rings. The third kappa shape index (κ3) is 3.97. The first-order chi connectivity index (χ1) is 7.13. The van der Waals surface area contributed by atoms with Crippen LogP contribution in [0.1, 0.15) is 23.2 Å². The summed E-state index contributed by atoms with van der Waals surface area (Å²) in [6.07, 6.45) is 2.05. The van der Waals surface area contributed by atoms with Gasteiger partial charge in [0, 0.05) is 11.8 Å². The highest BCUT2D eigenvalue weighted by Crippen LogP contribution is 2.08. The fraction of sp³-hybridized carbons (Fsp3) is 0.500. The van der Waals surface area contributed by atoms with Gasteiger partial charge in [-0.15, -0.1) is 0 Å². The van der Waals surface area contributed by atoms with Crippen LogP contribution in [0.25, 0.3) is 0 Å². The molecule has 0 aliphatic heterocycles. The third-order valence-corrected chi connectivity index (χ3v) is 2.75. The molecular formula is C10H15NO3S. The van der Waals surface area contributed by atoms with Crippen molar-refractivity contribution in [2.45, 2.75) is 19.5 Å². The summed E-state index contributed by atoms with van der Waals surface area (Å²) in [6.45, 7) is 2.65. The van der Waals surface area contributed by atoms with Gasteiger partial charge in [0.2, 0.25) is 5.76 Å². The summed E-state index contributed by atoms with van der Waals surface area (Å²) >= 11 is 1.77. The molecule has 5 heteroatoms. The molecule has 0 aliphatic carbocycles. The fourth-order valence-electron chi connectivity index (χ4n) is 1.17. The summed E-state index contributed by atoms with van der Waals surface area (Å²) in [4.78, 5) is 10.5. The van der Waals surface area contributed by atoms with Crippen LogP contribution in [0.4, 0.5) is 0 Å². The zero-order valence-electron chi connectivity index (χ0n) is 8.82. The number of thioether (sulfide) groups is 1. The van der Waals surface area contributed by atoms with Crippen molar-refractivity contribution in [2.75, 3.05) is 12.0 Å². The minimum absolute atomic E-state index is 0.00989. The molecule has 1 heterocycles. The Morgan fingerprint density at radius 1 is 1.67 bits per heavy atom. The highest BCUT2D eigenvalue weighted by molar-refractivity contribution is 7.98. The Labute approximate surface area is 93.0 Å². The quantitative estimate of drug-likeness (QED) is 0.779. The second-order valence-electron chi connectivity index (χ2n) is 3.31. The largest absolute Gasteiger partial charge is 0.475 e. The first-order valence-electron chi connectivity index (χ1n) is 4.67. The molecule has 0 saturated heterocycles. The van der Waals surface area contributed by atoms with Crippen LogP contribution in [-0.2, 0) is 6.54 Å². The minimum Gasteiger partial charge on any atom is -0.475 e. The molecule has 4 nitrogen and oxygen atoms in total. The van der Waals surface area contributed by atoms with E-state index >= 15 is 0 Å². The average Bonchev–Trinajstić information content (AvgIpc) is 2.63. The Kier molecular flexibility index (Phi) is 4.71. The van der Waals surface area contributed by atoms with E-state index in [4.69, 9.17) is 9.52 Å². The van der Waals surface area contributed by atoms with Gasteiger partial charge in [-0.1, -0.05) is 0 Å². The van der Waals surface area contributed by atoms with Gasteiger partial charge in [0.15, 0.2) is 0 Å². The van der Waals surface area contributed by atoms with Crippen LogP contribution in [0.3, 0.4) is 0 Å². The summed E-state index contributed by atoms with van der Waals surface area (Å²) < 4.78 is 5.10. The first-order valence-corrected chi connectivity index (χ1v) is 6.07. The molecule has 1 rings (SSSR count). The summed E-state index contributed by atoms with van der Waals surface area (Å²) in [5.41, 5.74) is 0. The Hall–Kier alpha value is -0.940. The van der Waals surface area contributed by atoms with E-state index in [2.05, 4.69) is 12.2 Å². The van der Waals surface area contributed by atoms with E-state index in [9.17, 15) is 4.79 Å². The number of nitrogens with one attached hydrogen (secondary N) is 1. The molecule has 1 atom stereocenters. The van der Waals surface area contributed by atoms with Crippen LogP contribution in [0.15, 0.2) is 16.5 Å². The highest BCUT2D eigenvalue weighted by atomic mass is 32.2. The van der Waals surface area contributed by atoms with Crippen LogP contribution in [0.2, 0.25) is 0 Å². The third-order valence-electron chi connectivity index (χ3n) is 1.91. The van der Waals surface area contributed by atoms with E-state index in [1.54, 1.807) is 17.8 Å². The average molecular weight is 229 g/mol. The Morgan fingerprint density at radius 3 is 2.93 bits per heavy atom. The van der Waals surface area contributed by atoms with Gasteiger partial charge in [-0.2, -0.15) is 11.8 Å². The van der Waals surface area contributed by atoms with Crippen LogP contribution in [0, 0.1) is 0 Å². The van der Waals surface area contributed by atoms with E-state index in [0.29, 0.717) is 18.3 Å². The number of furan rings is 1. The van der Waals surface area contributed by atoms with Crippen LogP contribution in [-0.4, -0.2) is 29.1 Å². The maximum atomic E-state index is 10.5. The van der Waals surface area contributed by atoms with Gasteiger partial charge in [-0.25, -0.2) is 4.79 Å². The number of carboxylic acid groups (broad SMARTS) is 1. The van der Waals surface area contributed by atoms with Crippen molar-refractivity contribution in [2.24, 2.45) is 0 Å². The zero-order valence-corrected chi connectivity index (χ0v) is 9.63. The molecule has 2 N–H and O–H groups in total. The lowest BCUT2D eigenvalue weighted by Crippen LogP contribution is -2.27. The van der Waals surface area contributed by atoms with Gasteiger partial charge in [0.05, 0.1) is 6.54 Å². The normalized spacial score (nSPS) is 12.7. The van der Waals surface area contributed by atoms with E-state index < -0.39 is 5.97 Å². The number of hydrogen-bond acceptors (Lipinski definition) is 4. The molecular weight excluding hydrogens is 214 g/mol. The van der Waals surface area contributed by atoms with Crippen molar-refractivity contribution >= 4 is 17.7 Å². The minimum atomic E-state index is -1.03. The van der Waals surface area contributed by atoms with Crippen molar-refractivity contribution in [1.29, 1.82) is 0 Å². The number of hydrogen-bond donors (Lipinski definition) is 2. The molecule has 0 aromatic carbocycles. The van der Waals surface area contributed by atoms with Crippen molar-refractivity contribution in [3.63, 3.8) is 0 Å². The van der Waals surface area contributed by atoms with Crippen molar-refractivity contribution in [3.05, 3.63) is 23.7 Å². The maximum Gasteiger partial charge on any atom is 0.371 e. The van der Waals surface area contributed by atoms with Gasteiger partial charge in [-0.3, -0.25) is 0 Å².